The van der Waals surface area contributed by atoms with Crippen LogP contribution >= 0.6 is 0 Å². The van der Waals surface area contributed by atoms with Gasteiger partial charge in [-0.3, -0.25) is 4.79 Å². The number of rotatable bonds is 3. The second-order valence-corrected chi connectivity index (χ2v) is 4.78. The average molecular weight is 227 g/mol. The van der Waals surface area contributed by atoms with Crippen molar-refractivity contribution in [3.05, 3.63) is 0 Å². The molecule has 1 rings (SSSR count). The van der Waals surface area contributed by atoms with Gasteiger partial charge in [-0.25, -0.2) is 4.79 Å². The molecule has 0 unspecified atom stereocenters. The summed E-state index contributed by atoms with van der Waals surface area (Å²) >= 11 is 0. The first kappa shape index (κ1) is 13.0. The molecule has 0 spiro atoms. The van der Waals surface area contributed by atoms with Gasteiger partial charge in [0, 0.05) is 13.5 Å². The number of carboxylic acid groups (broad SMARTS) is 1. The first-order chi connectivity index (χ1) is 7.44. The minimum atomic E-state index is -0.951. The minimum Gasteiger partial charge on any atom is -0.479 e. The summed E-state index contributed by atoms with van der Waals surface area (Å²) in [6, 6.07) is 0. The lowest BCUT2D eigenvalue weighted by Gasteiger charge is -2.43. The van der Waals surface area contributed by atoms with E-state index >= 15 is 0 Å². The van der Waals surface area contributed by atoms with Gasteiger partial charge in [-0.05, 0) is 38.5 Å². The van der Waals surface area contributed by atoms with Gasteiger partial charge in [-0.15, -0.1) is 0 Å². The Morgan fingerprint density at radius 2 is 1.88 bits per heavy atom. The van der Waals surface area contributed by atoms with E-state index in [1.54, 1.807) is 0 Å². The molecule has 1 fully saturated rings. The fourth-order valence-electron chi connectivity index (χ4n) is 2.67. The zero-order valence-corrected chi connectivity index (χ0v) is 10.3. The number of carbonyl (C=O) groups is 2. The molecule has 1 amide bonds. The topological polar surface area (TPSA) is 57.6 Å². The van der Waals surface area contributed by atoms with Gasteiger partial charge in [0.1, 0.15) is 5.54 Å². The highest BCUT2D eigenvalue weighted by Crippen LogP contribution is 2.36. The summed E-state index contributed by atoms with van der Waals surface area (Å²) in [5.74, 6) is -0.422. The van der Waals surface area contributed by atoms with Gasteiger partial charge in [0.25, 0.3) is 0 Å². The summed E-state index contributed by atoms with van der Waals surface area (Å²) in [5.41, 5.74) is -0.951. The Bertz CT molecular complexity index is 280. The van der Waals surface area contributed by atoms with E-state index < -0.39 is 11.5 Å². The molecule has 92 valence electrons. The molecule has 16 heavy (non-hydrogen) atoms. The van der Waals surface area contributed by atoms with E-state index in [9.17, 15) is 14.7 Å². The highest BCUT2D eigenvalue weighted by Gasteiger charge is 2.46. The molecule has 1 aliphatic carbocycles. The predicted molar refractivity (Wildman–Crippen MR) is 61.1 cm³/mol. The second kappa shape index (κ2) is 4.85. The first-order valence-corrected chi connectivity index (χ1v) is 5.95. The van der Waals surface area contributed by atoms with Gasteiger partial charge in [0.15, 0.2) is 0 Å². The molecule has 0 atom stereocenters. The van der Waals surface area contributed by atoms with E-state index in [0.29, 0.717) is 25.3 Å². The number of aliphatic carboxylic acids is 1. The molecule has 0 saturated heterocycles. The first-order valence-electron chi connectivity index (χ1n) is 5.95. The molecule has 0 aromatic rings. The molecule has 0 aromatic heterocycles. The van der Waals surface area contributed by atoms with E-state index in [1.807, 2.05) is 6.92 Å². The Hall–Kier alpha value is -1.06. The van der Waals surface area contributed by atoms with E-state index in [0.717, 1.165) is 12.8 Å². The number of hydrogen-bond acceptors (Lipinski definition) is 2. The number of carboxylic acids is 1. The second-order valence-electron chi connectivity index (χ2n) is 4.78. The molecular weight excluding hydrogens is 206 g/mol. The molecule has 1 aliphatic rings. The van der Waals surface area contributed by atoms with Crippen LogP contribution in [0.1, 0.15) is 46.5 Å². The largest absolute Gasteiger partial charge is 0.479 e. The Morgan fingerprint density at radius 1 is 1.38 bits per heavy atom. The van der Waals surface area contributed by atoms with Crippen molar-refractivity contribution in [3.8, 4) is 0 Å². The Morgan fingerprint density at radius 3 is 2.19 bits per heavy atom. The number of amides is 1. The van der Waals surface area contributed by atoms with E-state index in [4.69, 9.17) is 0 Å². The molecular formula is C12H21NO3. The molecule has 0 bridgehead atoms. The Balaban J connectivity index is 2.96. The molecule has 1 saturated carbocycles. The minimum absolute atomic E-state index is 0.139. The SMILES string of the molecule is CCN(C(C)=O)C1(C(=O)O)CCC(C)CC1. The van der Waals surface area contributed by atoms with Crippen molar-refractivity contribution in [1.29, 1.82) is 0 Å². The van der Waals surface area contributed by atoms with E-state index in [1.165, 1.54) is 11.8 Å². The Kier molecular flexibility index (Phi) is 3.94. The van der Waals surface area contributed by atoms with Crippen molar-refractivity contribution >= 4 is 11.9 Å². The third kappa shape index (κ3) is 2.20. The predicted octanol–water partition coefficient (Wildman–Crippen LogP) is 1.89. The lowest BCUT2D eigenvalue weighted by atomic mass is 9.76. The fraction of sp³-hybridized carbons (Fsp3) is 0.833. The van der Waals surface area contributed by atoms with Crippen molar-refractivity contribution in [2.45, 2.75) is 52.0 Å². The monoisotopic (exact) mass is 227 g/mol. The zero-order chi connectivity index (χ0) is 12.3. The molecule has 0 radical (unpaired) electrons. The van der Waals surface area contributed by atoms with Crippen LogP contribution in [0, 0.1) is 5.92 Å². The van der Waals surface area contributed by atoms with Gasteiger partial charge in [-0.1, -0.05) is 6.92 Å². The van der Waals surface area contributed by atoms with Crippen LogP contribution in [0.5, 0.6) is 0 Å². The molecule has 0 aromatic carbocycles. The number of hydrogen-bond donors (Lipinski definition) is 1. The molecule has 0 heterocycles. The molecule has 1 N–H and O–H groups in total. The van der Waals surface area contributed by atoms with Crippen LogP contribution in [0.15, 0.2) is 0 Å². The lowest BCUT2D eigenvalue weighted by molar-refractivity contribution is -0.161. The van der Waals surface area contributed by atoms with Crippen LogP contribution in [0.4, 0.5) is 0 Å². The van der Waals surface area contributed by atoms with Crippen LogP contribution in [0.3, 0.4) is 0 Å². The van der Waals surface area contributed by atoms with Crippen LogP contribution in [0.2, 0.25) is 0 Å². The van der Waals surface area contributed by atoms with Crippen molar-refractivity contribution in [3.63, 3.8) is 0 Å². The lowest BCUT2D eigenvalue weighted by Crippen LogP contribution is -2.58. The van der Waals surface area contributed by atoms with Crippen molar-refractivity contribution in [2.24, 2.45) is 5.92 Å². The van der Waals surface area contributed by atoms with Crippen molar-refractivity contribution < 1.29 is 14.7 Å². The summed E-state index contributed by atoms with van der Waals surface area (Å²) in [7, 11) is 0. The van der Waals surface area contributed by atoms with Gasteiger partial charge in [0.05, 0.1) is 0 Å². The van der Waals surface area contributed by atoms with Crippen LogP contribution in [-0.2, 0) is 9.59 Å². The quantitative estimate of drug-likeness (QED) is 0.801. The Labute approximate surface area is 96.6 Å². The maximum absolute atomic E-state index is 11.5. The van der Waals surface area contributed by atoms with Gasteiger partial charge < -0.3 is 10.0 Å². The number of likely N-dealkylation sites (N-methyl/N-ethyl adjacent to an activating group) is 1. The van der Waals surface area contributed by atoms with Crippen LogP contribution in [-0.4, -0.2) is 34.0 Å². The highest BCUT2D eigenvalue weighted by molar-refractivity contribution is 5.86. The molecule has 4 heteroatoms. The fourth-order valence-corrected chi connectivity index (χ4v) is 2.67. The van der Waals surface area contributed by atoms with Gasteiger partial charge >= 0.3 is 5.97 Å². The van der Waals surface area contributed by atoms with E-state index in [-0.39, 0.29) is 5.91 Å². The summed E-state index contributed by atoms with van der Waals surface area (Å²) in [4.78, 5) is 24.5. The van der Waals surface area contributed by atoms with Crippen LogP contribution in [0.25, 0.3) is 0 Å². The number of nitrogens with zero attached hydrogens (tertiary/aromatic N) is 1. The summed E-state index contributed by atoms with van der Waals surface area (Å²) in [5, 5.41) is 9.43. The summed E-state index contributed by atoms with van der Waals surface area (Å²) in [6.07, 6.45) is 2.93. The summed E-state index contributed by atoms with van der Waals surface area (Å²) in [6.45, 7) is 5.89. The van der Waals surface area contributed by atoms with Gasteiger partial charge in [0.2, 0.25) is 5.91 Å². The maximum atomic E-state index is 11.5. The van der Waals surface area contributed by atoms with Crippen molar-refractivity contribution in [1.82, 2.24) is 4.90 Å². The summed E-state index contributed by atoms with van der Waals surface area (Å²) < 4.78 is 0. The molecule has 0 aliphatic heterocycles. The average Bonchev–Trinajstić information content (AvgIpc) is 2.21. The highest BCUT2D eigenvalue weighted by atomic mass is 16.4. The smallest absolute Gasteiger partial charge is 0.329 e. The standard InChI is InChI=1S/C12H21NO3/c1-4-13(10(3)14)12(11(15)16)7-5-9(2)6-8-12/h9H,4-8H2,1-3H3,(H,15,16). The van der Waals surface area contributed by atoms with E-state index in [2.05, 4.69) is 6.92 Å². The van der Waals surface area contributed by atoms with Crippen LogP contribution < -0.4 is 0 Å². The maximum Gasteiger partial charge on any atom is 0.329 e. The zero-order valence-electron chi connectivity index (χ0n) is 10.3. The van der Waals surface area contributed by atoms with Crippen molar-refractivity contribution in [2.75, 3.05) is 6.54 Å². The third-order valence-electron chi connectivity index (χ3n) is 3.71. The van der Waals surface area contributed by atoms with Gasteiger partial charge in [-0.2, -0.15) is 0 Å². The normalized spacial score (nSPS) is 29.8. The molecule has 4 nitrogen and oxygen atoms in total. The number of carbonyl (C=O) groups excluding carboxylic acids is 1. The third-order valence-corrected chi connectivity index (χ3v) is 3.71.